The smallest absolute Gasteiger partial charge is 0.323 e. The van der Waals surface area contributed by atoms with Crippen LogP contribution < -0.4 is 0 Å². The van der Waals surface area contributed by atoms with Crippen molar-refractivity contribution < 1.29 is 9.53 Å². The Labute approximate surface area is 119 Å². The van der Waals surface area contributed by atoms with Crippen LogP contribution in [0.2, 0.25) is 0 Å². The molecule has 1 aromatic heterocycles. The molecule has 1 heterocycles. The van der Waals surface area contributed by atoms with Crippen molar-refractivity contribution >= 4 is 17.3 Å². The summed E-state index contributed by atoms with van der Waals surface area (Å²) in [7, 11) is 0. The molecule has 0 amide bonds. The van der Waals surface area contributed by atoms with Crippen molar-refractivity contribution in [1.29, 1.82) is 0 Å². The molecule has 1 aliphatic rings. The van der Waals surface area contributed by atoms with Gasteiger partial charge in [0.15, 0.2) is 0 Å². The Morgan fingerprint density at radius 2 is 2.21 bits per heavy atom. The summed E-state index contributed by atoms with van der Waals surface area (Å²) in [5, 5.41) is 4.23. The number of thiophene rings is 1. The molecule has 0 N–H and O–H groups in total. The number of carbonyl (C=O) groups excluding carboxylic acids is 1. The Kier molecular flexibility index (Phi) is 4.31. The molecule has 0 saturated heterocycles. The lowest BCUT2D eigenvalue weighted by Gasteiger charge is -2.30. The van der Waals surface area contributed by atoms with Crippen molar-refractivity contribution in [3.8, 4) is 0 Å². The van der Waals surface area contributed by atoms with Crippen LogP contribution in [0.25, 0.3) is 0 Å². The lowest BCUT2D eigenvalue weighted by atomic mass is 10.1. The lowest BCUT2D eigenvalue weighted by Crippen LogP contribution is -2.43. The van der Waals surface area contributed by atoms with E-state index in [1.165, 1.54) is 18.4 Å². The van der Waals surface area contributed by atoms with Crippen LogP contribution in [0.3, 0.4) is 0 Å². The predicted molar refractivity (Wildman–Crippen MR) is 78.2 cm³/mol. The quantitative estimate of drug-likeness (QED) is 0.774. The molecule has 1 aromatic rings. The number of esters is 1. The van der Waals surface area contributed by atoms with E-state index in [9.17, 15) is 4.79 Å². The second-order valence-corrected chi connectivity index (χ2v) is 7.02. The maximum Gasteiger partial charge on any atom is 0.323 e. The molecule has 0 radical (unpaired) electrons. The fourth-order valence-corrected chi connectivity index (χ4v) is 2.76. The van der Waals surface area contributed by atoms with E-state index >= 15 is 0 Å². The summed E-state index contributed by atoms with van der Waals surface area (Å²) < 4.78 is 5.50. The first kappa shape index (κ1) is 14.5. The Morgan fingerprint density at radius 1 is 1.53 bits per heavy atom. The van der Waals surface area contributed by atoms with Gasteiger partial charge in [0, 0.05) is 12.6 Å². The van der Waals surface area contributed by atoms with E-state index in [1.807, 2.05) is 27.7 Å². The van der Waals surface area contributed by atoms with Crippen LogP contribution in [0.4, 0.5) is 0 Å². The molecule has 0 aliphatic heterocycles. The Bertz CT molecular complexity index is 418. The summed E-state index contributed by atoms with van der Waals surface area (Å²) in [5.41, 5.74) is 0.871. The standard InChI is InChI=1S/C15H23NO2S/c1-11(14(17)18-15(2,3)4)16(13-5-6-13)9-12-7-8-19-10-12/h7-8,10-11,13H,5-6,9H2,1-4H3. The predicted octanol–water partition coefficient (Wildman–Crippen LogP) is 3.44. The number of carbonyl (C=O) groups is 1. The van der Waals surface area contributed by atoms with Crippen LogP contribution in [-0.4, -0.2) is 28.6 Å². The second kappa shape index (κ2) is 5.63. The van der Waals surface area contributed by atoms with E-state index in [0.717, 1.165) is 6.54 Å². The number of nitrogens with zero attached hydrogens (tertiary/aromatic N) is 1. The molecule has 3 nitrogen and oxygen atoms in total. The van der Waals surface area contributed by atoms with Gasteiger partial charge >= 0.3 is 5.97 Å². The highest BCUT2D eigenvalue weighted by Crippen LogP contribution is 2.31. The van der Waals surface area contributed by atoms with Crippen molar-refractivity contribution in [1.82, 2.24) is 4.90 Å². The highest BCUT2D eigenvalue weighted by Gasteiger charge is 2.36. The zero-order valence-corrected chi connectivity index (χ0v) is 13.0. The van der Waals surface area contributed by atoms with Crippen LogP contribution in [0.15, 0.2) is 16.8 Å². The molecule has 0 spiro atoms. The minimum absolute atomic E-state index is 0.116. The van der Waals surface area contributed by atoms with Crippen LogP contribution >= 0.6 is 11.3 Å². The maximum absolute atomic E-state index is 12.2. The van der Waals surface area contributed by atoms with Gasteiger partial charge in [-0.15, -0.1) is 0 Å². The second-order valence-electron chi connectivity index (χ2n) is 6.24. The van der Waals surface area contributed by atoms with E-state index in [-0.39, 0.29) is 12.0 Å². The first-order valence-corrected chi connectivity index (χ1v) is 7.81. The molecule has 0 bridgehead atoms. The molecule has 19 heavy (non-hydrogen) atoms. The van der Waals surface area contributed by atoms with E-state index in [0.29, 0.717) is 6.04 Å². The summed E-state index contributed by atoms with van der Waals surface area (Å²) >= 11 is 1.70. The van der Waals surface area contributed by atoms with Crippen LogP contribution in [0.1, 0.15) is 46.1 Å². The summed E-state index contributed by atoms with van der Waals surface area (Å²) in [4.78, 5) is 14.5. The molecule has 0 aromatic carbocycles. The van der Waals surface area contributed by atoms with E-state index < -0.39 is 5.60 Å². The van der Waals surface area contributed by atoms with Gasteiger partial charge in [0.1, 0.15) is 11.6 Å². The van der Waals surface area contributed by atoms with Crippen molar-refractivity contribution in [2.45, 2.75) is 64.8 Å². The Hall–Kier alpha value is -0.870. The van der Waals surface area contributed by atoms with Gasteiger partial charge in [-0.05, 0) is 62.9 Å². The minimum atomic E-state index is -0.414. The SMILES string of the molecule is CC(C(=O)OC(C)(C)C)N(Cc1ccsc1)C1CC1. The van der Waals surface area contributed by atoms with Gasteiger partial charge in [0.05, 0.1) is 0 Å². The fraction of sp³-hybridized carbons (Fsp3) is 0.667. The number of hydrogen-bond acceptors (Lipinski definition) is 4. The normalized spacial score (nSPS) is 17.5. The molecule has 1 aliphatic carbocycles. The lowest BCUT2D eigenvalue weighted by molar-refractivity contribution is -0.161. The highest BCUT2D eigenvalue weighted by molar-refractivity contribution is 7.07. The van der Waals surface area contributed by atoms with Gasteiger partial charge < -0.3 is 4.74 Å². The molecule has 4 heteroatoms. The molecule has 1 saturated carbocycles. The van der Waals surface area contributed by atoms with E-state index in [1.54, 1.807) is 11.3 Å². The number of rotatable bonds is 5. The average Bonchev–Trinajstić information content (AvgIpc) is 3.00. The third-order valence-corrected chi connectivity index (χ3v) is 3.94. The van der Waals surface area contributed by atoms with Gasteiger partial charge in [0.25, 0.3) is 0 Å². The highest BCUT2D eigenvalue weighted by atomic mass is 32.1. The average molecular weight is 281 g/mol. The van der Waals surface area contributed by atoms with Crippen molar-refractivity contribution in [2.75, 3.05) is 0 Å². The molecule has 1 unspecified atom stereocenters. The van der Waals surface area contributed by atoms with Crippen LogP contribution in [0.5, 0.6) is 0 Å². The third kappa shape index (κ3) is 4.32. The van der Waals surface area contributed by atoms with Gasteiger partial charge in [-0.1, -0.05) is 0 Å². The third-order valence-electron chi connectivity index (χ3n) is 3.21. The van der Waals surface area contributed by atoms with Gasteiger partial charge in [0.2, 0.25) is 0 Å². The van der Waals surface area contributed by atoms with Crippen LogP contribution in [0, 0.1) is 0 Å². The van der Waals surface area contributed by atoms with Crippen molar-refractivity contribution in [3.63, 3.8) is 0 Å². The summed E-state index contributed by atoms with van der Waals surface area (Å²) in [5.74, 6) is -0.116. The Balaban J connectivity index is 2.00. The molecular formula is C15H23NO2S. The molecule has 2 rings (SSSR count). The number of ether oxygens (including phenoxy) is 1. The van der Waals surface area contributed by atoms with Gasteiger partial charge in [-0.2, -0.15) is 11.3 Å². The topological polar surface area (TPSA) is 29.5 Å². The molecule has 1 fully saturated rings. The maximum atomic E-state index is 12.2. The molecule has 1 atom stereocenters. The minimum Gasteiger partial charge on any atom is -0.459 e. The van der Waals surface area contributed by atoms with E-state index in [4.69, 9.17) is 4.74 Å². The Morgan fingerprint density at radius 3 is 2.68 bits per heavy atom. The summed E-state index contributed by atoms with van der Waals surface area (Å²) in [6.07, 6.45) is 2.38. The summed E-state index contributed by atoms with van der Waals surface area (Å²) in [6, 6.07) is 2.50. The summed E-state index contributed by atoms with van der Waals surface area (Å²) in [6.45, 7) is 8.54. The molecular weight excluding hydrogens is 258 g/mol. The number of hydrogen-bond donors (Lipinski definition) is 0. The van der Waals surface area contributed by atoms with Crippen molar-refractivity contribution in [3.05, 3.63) is 22.4 Å². The zero-order chi connectivity index (χ0) is 14.0. The van der Waals surface area contributed by atoms with Gasteiger partial charge in [-0.25, -0.2) is 0 Å². The zero-order valence-electron chi connectivity index (χ0n) is 12.2. The fourth-order valence-electron chi connectivity index (χ4n) is 2.10. The van der Waals surface area contributed by atoms with Gasteiger partial charge in [-0.3, -0.25) is 9.69 Å². The molecule has 106 valence electrons. The largest absolute Gasteiger partial charge is 0.459 e. The monoisotopic (exact) mass is 281 g/mol. The van der Waals surface area contributed by atoms with Crippen molar-refractivity contribution in [2.24, 2.45) is 0 Å². The first-order chi connectivity index (χ1) is 8.87. The first-order valence-electron chi connectivity index (χ1n) is 6.86. The van der Waals surface area contributed by atoms with E-state index in [2.05, 4.69) is 21.7 Å². The van der Waals surface area contributed by atoms with Crippen LogP contribution in [-0.2, 0) is 16.1 Å².